The van der Waals surface area contributed by atoms with Gasteiger partial charge in [0.05, 0.1) is 0 Å². The molecule has 0 bridgehead atoms. The number of hydrogen-bond donors (Lipinski definition) is 1. The van der Waals surface area contributed by atoms with Gasteiger partial charge in [-0.05, 0) is 36.6 Å². The molecule has 19 heavy (non-hydrogen) atoms. The van der Waals surface area contributed by atoms with Crippen molar-refractivity contribution in [3.8, 4) is 0 Å². The summed E-state index contributed by atoms with van der Waals surface area (Å²) in [7, 11) is 0. The van der Waals surface area contributed by atoms with E-state index >= 15 is 0 Å². The Morgan fingerprint density at radius 1 is 1.32 bits per heavy atom. The first-order valence-corrected chi connectivity index (χ1v) is 5.94. The Hall–Kier alpha value is -2.36. The van der Waals surface area contributed by atoms with Gasteiger partial charge in [-0.1, -0.05) is 13.5 Å². The number of carboxylic acids is 1. The molecule has 98 valence electrons. The van der Waals surface area contributed by atoms with Gasteiger partial charge in [-0.3, -0.25) is 4.79 Å². The van der Waals surface area contributed by atoms with Crippen LogP contribution in [0.4, 0.5) is 0 Å². The molecule has 1 aromatic heterocycles. The summed E-state index contributed by atoms with van der Waals surface area (Å²) in [5.74, 6) is -1.49. The first-order chi connectivity index (χ1) is 8.93. The van der Waals surface area contributed by atoms with Crippen LogP contribution in [0.15, 0.2) is 34.8 Å². The van der Waals surface area contributed by atoms with Crippen molar-refractivity contribution in [2.24, 2.45) is 0 Å². The molecule has 0 amide bonds. The summed E-state index contributed by atoms with van der Waals surface area (Å²) in [6, 6.07) is 4.83. The van der Waals surface area contributed by atoms with Crippen molar-refractivity contribution in [2.45, 2.75) is 20.3 Å². The molecule has 0 atom stereocenters. The van der Waals surface area contributed by atoms with Gasteiger partial charge in [0.15, 0.2) is 5.78 Å². The topological polar surface area (TPSA) is 67.5 Å². The number of carbonyl (C=O) groups is 2. The van der Waals surface area contributed by atoms with E-state index in [0.29, 0.717) is 28.5 Å². The SMILES string of the molecule is C=C(CC)C(=O)c1cc(C)cc2oc(C(=O)O)cc12. The van der Waals surface area contributed by atoms with Crippen LogP contribution in [0.2, 0.25) is 0 Å². The Bertz CT molecular complexity index is 691. The predicted molar refractivity (Wildman–Crippen MR) is 71.7 cm³/mol. The second kappa shape index (κ2) is 4.72. The second-order valence-electron chi connectivity index (χ2n) is 4.43. The predicted octanol–water partition coefficient (Wildman–Crippen LogP) is 3.59. The zero-order valence-corrected chi connectivity index (χ0v) is 10.8. The van der Waals surface area contributed by atoms with Crippen LogP contribution in [-0.4, -0.2) is 16.9 Å². The lowest BCUT2D eigenvalue weighted by Gasteiger charge is -2.04. The van der Waals surface area contributed by atoms with Gasteiger partial charge < -0.3 is 9.52 Å². The maximum absolute atomic E-state index is 12.2. The molecule has 0 aliphatic heterocycles. The summed E-state index contributed by atoms with van der Waals surface area (Å²) in [5, 5.41) is 9.46. The van der Waals surface area contributed by atoms with E-state index in [1.807, 2.05) is 13.8 Å². The number of hydrogen-bond acceptors (Lipinski definition) is 3. The van der Waals surface area contributed by atoms with E-state index in [1.54, 1.807) is 12.1 Å². The first-order valence-electron chi connectivity index (χ1n) is 5.94. The summed E-state index contributed by atoms with van der Waals surface area (Å²) in [6.07, 6.45) is 0.553. The van der Waals surface area contributed by atoms with Crippen LogP contribution >= 0.6 is 0 Å². The highest BCUT2D eigenvalue weighted by Crippen LogP contribution is 2.27. The van der Waals surface area contributed by atoms with Crippen LogP contribution in [0.25, 0.3) is 11.0 Å². The lowest BCUT2D eigenvalue weighted by Crippen LogP contribution is -2.02. The van der Waals surface area contributed by atoms with Gasteiger partial charge in [-0.15, -0.1) is 0 Å². The Morgan fingerprint density at radius 2 is 2.00 bits per heavy atom. The van der Waals surface area contributed by atoms with Crippen LogP contribution in [0, 0.1) is 6.92 Å². The van der Waals surface area contributed by atoms with E-state index in [1.165, 1.54) is 6.07 Å². The van der Waals surface area contributed by atoms with E-state index in [9.17, 15) is 9.59 Å². The molecule has 0 saturated carbocycles. The van der Waals surface area contributed by atoms with Crippen molar-refractivity contribution in [1.29, 1.82) is 0 Å². The van der Waals surface area contributed by atoms with Crippen molar-refractivity contribution >= 4 is 22.7 Å². The number of allylic oxidation sites excluding steroid dienone is 1. The van der Waals surface area contributed by atoms with Crippen LogP contribution in [0.3, 0.4) is 0 Å². The quantitative estimate of drug-likeness (QED) is 0.672. The summed E-state index contributed by atoms with van der Waals surface area (Å²) in [6.45, 7) is 7.41. The molecule has 1 aromatic carbocycles. The Labute approximate surface area is 110 Å². The Balaban J connectivity index is 2.69. The molecule has 4 nitrogen and oxygen atoms in total. The zero-order chi connectivity index (χ0) is 14.2. The summed E-state index contributed by atoms with van der Waals surface area (Å²) >= 11 is 0. The number of ketones is 1. The van der Waals surface area contributed by atoms with Crippen molar-refractivity contribution in [2.75, 3.05) is 0 Å². The van der Waals surface area contributed by atoms with E-state index in [0.717, 1.165) is 5.56 Å². The minimum atomic E-state index is -1.15. The molecule has 2 rings (SSSR count). The summed E-state index contributed by atoms with van der Waals surface area (Å²) in [5.41, 5.74) is 2.18. The second-order valence-corrected chi connectivity index (χ2v) is 4.43. The minimum absolute atomic E-state index is 0.170. The van der Waals surface area contributed by atoms with Gasteiger partial charge in [0.25, 0.3) is 0 Å². The number of fused-ring (bicyclic) bond motifs is 1. The van der Waals surface area contributed by atoms with Crippen molar-refractivity contribution in [3.63, 3.8) is 0 Å². The normalized spacial score (nSPS) is 10.6. The highest BCUT2D eigenvalue weighted by molar-refractivity contribution is 6.16. The lowest BCUT2D eigenvalue weighted by molar-refractivity contribution is 0.0665. The maximum Gasteiger partial charge on any atom is 0.371 e. The van der Waals surface area contributed by atoms with Crippen molar-refractivity contribution < 1.29 is 19.1 Å². The van der Waals surface area contributed by atoms with Crippen LogP contribution in [-0.2, 0) is 0 Å². The fourth-order valence-electron chi connectivity index (χ4n) is 1.92. The maximum atomic E-state index is 12.2. The number of carbonyl (C=O) groups excluding carboxylic acids is 1. The molecular formula is C15H14O4. The molecule has 1 N–H and O–H groups in total. The molecule has 0 saturated heterocycles. The monoisotopic (exact) mass is 258 g/mol. The fraction of sp³-hybridized carbons (Fsp3) is 0.200. The third kappa shape index (κ3) is 2.29. The molecule has 0 aliphatic rings. The van der Waals surface area contributed by atoms with E-state index in [-0.39, 0.29) is 11.5 Å². The highest BCUT2D eigenvalue weighted by atomic mass is 16.4. The highest BCUT2D eigenvalue weighted by Gasteiger charge is 2.18. The number of Topliss-reactive ketones (excluding diaryl/α,β-unsaturated/α-hetero) is 1. The number of aromatic carboxylic acids is 1. The lowest BCUT2D eigenvalue weighted by atomic mass is 9.98. The van der Waals surface area contributed by atoms with Crippen LogP contribution in [0.1, 0.15) is 39.8 Å². The standard InChI is InChI=1S/C15H14O4/c1-4-9(3)14(16)11-5-8(2)6-12-10(11)7-13(19-12)15(17)18/h5-7H,3-4H2,1-2H3,(H,17,18). The molecular weight excluding hydrogens is 244 g/mol. The van der Waals surface area contributed by atoms with E-state index in [4.69, 9.17) is 9.52 Å². The summed E-state index contributed by atoms with van der Waals surface area (Å²) in [4.78, 5) is 23.2. The molecule has 0 fully saturated rings. The van der Waals surface area contributed by atoms with Gasteiger partial charge in [0, 0.05) is 17.0 Å². The average Bonchev–Trinajstić information content (AvgIpc) is 2.79. The number of carboxylic acid groups (broad SMARTS) is 1. The van der Waals surface area contributed by atoms with Crippen LogP contribution in [0.5, 0.6) is 0 Å². The molecule has 2 aromatic rings. The van der Waals surface area contributed by atoms with E-state index < -0.39 is 5.97 Å². The number of aryl methyl sites for hydroxylation is 1. The van der Waals surface area contributed by atoms with Crippen LogP contribution < -0.4 is 0 Å². The first kappa shape index (κ1) is 13.1. The summed E-state index contributed by atoms with van der Waals surface area (Å²) < 4.78 is 5.23. The number of benzene rings is 1. The smallest absolute Gasteiger partial charge is 0.371 e. The molecule has 0 spiro atoms. The van der Waals surface area contributed by atoms with Crippen molar-refractivity contribution in [3.05, 3.63) is 47.2 Å². The van der Waals surface area contributed by atoms with Gasteiger partial charge in [-0.25, -0.2) is 4.79 Å². The minimum Gasteiger partial charge on any atom is -0.475 e. The molecule has 0 aliphatic carbocycles. The number of furan rings is 1. The molecule has 1 heterocycles. The van der Waals surface area contributed by atoms with E-state index in [2.05, 4.69) is 6.58 Å². The average molecular weight is 258 g/mol. The third-order valence-corrected chi connectivity index (χ3v) is 2.99. The number of rotatable bonds is 4. The molecule has 4 heteroatoms. The third-order valence-electron chi connectivity index (χ3n) is 2.99. The largest absolute Gasteiger partial charge is 0.475 e. The van der Waals surface area contributed by atoms with Gasteiger partial charge >= 0.3 is 5.97 Å². The molecule has 0 radical (unpaired) electrons. The van der Waals surface area contributed by atoms with Gasteiger partial charge in [-0.2, -0.15) is 0 Å². The Kier molecular flexibility index (Phi) is 3.25. The fourth-order valence-corrected chi connectivity index (χ4v) is 1.92. The van der Waals surface area contributed by atoms with Gasteiger partial charge in [0.2, 0.25) is 5.76 Å². The Morgan fingerprint density at radius 3 is 2.58 bits per heavy atom. The zero-order valence-electron chi connectivity index (χ0n) is 10.8. The van der Waals surface area contributed by atoms with Crippen molar-refractivity contribution in [1.82, 2.24) is 0 Å². The van der Waals surface area contributed by atoms with Gasteiger partial charge in [0.1, 0.15) is 5.58 Å². The molecule has 0 unspecified atom stereocenters.